The highest BCUT2D eigenvalue weighted by atomic mass is 16.2. The third kappa shape index (κ3) is 6.83. The van der Waals surface area contributed by atoms with E-state index in [4.69, 9.17) is 9.98 Å². The van der Waals surface area contributed by atoms with Crippen molar-refractivity contribution in [3.8, 4) is 0 Å². The van der Waals surface area contributed by atoms with Gasteiger partial charge in [-0.2, -0.15) is 0 Å². The molecule has 1 aliphatic carbocycles. The van der Waals surface area contributed by atoms with Gasteiger partial charge in [-0.1, -0.05) is 34.6 Å². The monoisotopic (exact) mass is 514 g/mol. The van der Waals surface area contributed by atoms with Crippen molar-refractivity contribution in [1.29, 1.82) is 0 Å². The van der Waals surface area contributed by atoms with Crippen LogP contribution in [0.25, 0.3) is 0 Å². The summed E-state index contributed by atoms with van der Waals surface area (Å²) in [7, 11) is 0. The number of ketones is 1. The van der Waals surface area contributed by atoms with Gasteiger partial charge in [0.05, 0.1) is 18.8 Å². The molecule has 0 saturated heterocycles. The summed E-state index contributed by atoms with van der Waals surface area (Å²) in [6.07, 6.45) is 8.70. The molecule has 6 nitrogen and oxygen atoms in total. The fraction of sp³-hybridized carbons (Fsp3) is 0.531. The SMILES string of the molecule is Cc1cc(C2=NCC(c3cncc4c3CCC(C)(C)C4)=N2)cc(C)c1CCC(=O)NCC(=O)CC(C)(C)C. The standard InChI is InChI=1S/C32H42N4O2/c1-20-12-22(13-21(2)25(20)8-9-29(38)34-17-24(37)15-31(3,4)5)30-35-19-28(36-30)27-18-33-16-23-14-32(6,7)11-10-26(23)27/h12-13,16,18H,8-11,14-15,17,19H2,1-7H3,(H,34,38). The Morgan fingerprint density at radius 2 is 1.79 bits per heavy atom. The minimum atomic E-state index is -0.0901. The Morgan fingerprint density at radius 3 is 2.47 bits per heavy atom. The van der Waals surface area contributed by atoms with Crippen LogP contribution >= 0.6 is 0 Å². The number of pyridine rings is 1. The van der Waals surface area contributed by atoms with Crippen molar-refractivity contribution >= 4 is 23.2 Å². The fourth-order valence-corrected chi connectivity index (χ4v) is 5.64. The molecule has 38 heavy (non-hydrogen) atoms. The number of aliphatic imine (C=N–C) groups is 2. The first kappa shape index (κ1) is 27.9. The van der Waals surface area contributed by atoms with Gasteiger partial charge in [0.15, 0.2) is 11.6 Å². The van der Waals surface area contributed by atoms with Crippen LogP contribution in [0, 0.1) is 24.7 Å². The number of Topliss-reactive ketones (excluding diaryl/α,β-unsaturated/α-hetero) is 1. The predicted molar refractivity (Wildman–Crippen MR) is 154 cm³/mol. The average molecular weight is 515 g/mol. The Bertz CT molecular complexity index is 1290. The summed E-state index contributed by atoms with van der Waals surface area (Å²) in [6, 6.07) is 4.25. The Kier molecular flexibility index (Phi) is 8.01. The molecule has 0 spiro atoms. The molecule has 0 atom stereocenters. The van der Waals surface area contributed by atoms with Gasteiger partial charge in [0, 0.05) is 36.4 Å². The Hall–Kier alpha value is -3.15. The molecule has 2 aliphatic rings. The number of aryl methyl sites for hydroxylation is 2. The van der Waals surface area contributed by atoms with Crippen molar-refractivity contribution in [3.63, 3.8) is 0 Å². The van der Waals surface area contributed by atoms with Crippen molar-refractivity contribution in [1.82, 2.24) is 10.3 Å². The molecule has 2 aromatic rings. The van der Waals surface area contributed by atoms with E-state index in [0.29, 0.717) is 31.2 Å². The normalized spacial score (nSPS) is 16.5. The van der Waals surface area contributed by atoms with Gasteiger partial charge in [-0.05, 0) is 90.3 Å². The van der Waals surface area contributed by atoms with Crippen LogP contribution in [-0.2, 0) is 28.9 Å². The summed E-state index contributed by atoms with van der Waals surface area (Å²) in [5.74, 6) is 0.741. The Labute approximate surface area is 227 Å². The summed E-state index contributed by atoms with van der Waals surface area (Å²) in [5, 5.41) is 2.79. The molecule has 1 aromatic carbocycles. The van der Waals surface area contributed by atoms with Crippen LogP contribution in [0.2, 0.25) is 0 Å². The zero-order chi connectivity index (χ0) is 27.7. The van der Waals surface area contributed by atoms with Gasteiger partial charge >= 0.3 is 0 Å². The summed E-state index contributed by atoms with van der Waals surface area (Å²) >= 11 is 0. The lowest BCUT2D eigenvalue weighted by atomic mass is 9.74. The molecule has 1 N–H and O–H groups in total. The highest BCUT2D eigenvalue weighted by Crippen LogP contribution is 2.36. The van der Waals surface area contributed by atoms with Gasteiger partial charge in [0.25, 0.3) is 0 Å². The number of nitrogens with one attached hydrogen (secondary N) is 1. The van der Waals surface area contributed by atoms with Crippen molar-refractivity contribution in [2.24, 2.45) is 20.8 Å². The van der Waals surface area contributed by atoms with Crippen molar-refractivity contribution < 1.29 is 9.59 Å². The fourth-order valence-electron chi connectivity index (χ4n) is 5.64. The molecular weight excluding hydrogens is 472 g/mol. The number of carbonyl (C=O) groups is 2. The number of hydrogen-bond acceptors (Lipinski definition) is 5. The second-order valence-electron chi connectivity index (χ2n) is 13.0. The van der Waals surface area contributed by atoms with E-state index in [2.05, 4.69) is 50.1 Å². The first-order chi connectivity index (χ1) is 17.8. The van der Waals surface area contributed by atoms with Crippen molar-refractivity contribution in [3.05, 3.63) is 63.5 Å². The Balaban J connectivity index is 1.41. The van der Waals surface area contributed by atoms with E-state index in [1.54, 1.807) is 0 Å². The molecule has 0 radical (unpaired) electrons. The maximum Gasteiger partial charge on any atom is 0.220 e. The van der Waals surface area contributed by atoms with Gasteiger partial charge in [-0.25, -0.2) is 4.99 Å². The van der Waals surface area contributed by atoms with E-state index in [1.807, 2.05) is 33.2 Å². The van der Waals surface area contributed by atoms with Crippen LogP contribution in [0.1, 0.15) is 92.8 Å². The van der Waals surface area contributed by atoms with E-state index in [9.17, 15) is 9.59 Å². The molecule has 6 heteroatoms. The first-order valence-corrected chi connectivity index (χ1v) is 13.8. The van der Waals surface area contributed by atoms with Crippen molar-refractivity contribution in [2.75, 3.05) is 13.1 Å². The molecular formula is C32H42N4O2. The minimum Gasteiger partial charge on any atom is -0.349 e. The molecule has 1 aromatic heterocycles. The maximum absolute atomic E-state index is 12.4. The summed E-state index contributed by atoms with van der Waals surface area (Å²) in [6.45, 7) is 15.6. The lowest BCUT2D eigenvalue weighted by Crippen LogP contribution is -2.31. The summed E-state index contributed by atoms with van der Waals surface area (Å²) < 4.78 is 0. The van der Waals surface area contributed by atoms with Crippen LogP contribution in [0.4, 0.5) is 0 Å². The molecule has 2 heterocycles. The maximum atomic E-state index is 12.4. The third-order valence-corrected chi connectivity index (χ3v) is 7.56. The van der Waals surface area contributed by atoms with E-state index in [1.165, 1.54) is 17.5 Å². The second-order valence-corrected chi connectivity index (χ2v) is 13.0. The van der Waals surface area contributed by atoms with Gasteiger partial charge < -0.3 is 5.32 Å². The van der Waals surface area contributed by atoms with Crippen LogP contribution < -0.4 is 5.32 Å². The number of rotatable bonds is 8. The van der Waals surface area contributed by atoms with E-state index in [0.717, 1.165) is 52.2 Å². The number of benzene rings is 1. The second kappa shape index (κ2) is 10.9. The zero-order valence-corrected chi connectivity index (χ0v) is 24.1. The van der Waals surface area contributed by atoms with Crippen LogP contribution in [0.15, 0.2) is 34.5 Å². The molecule has 1 aliphatic heterocycles. The molecule has 0 fully saturated rings. The van der Waals surface area contributed by atoms with E-state index in [-0.39, 0.29) is 23.7 Å². The highest BCUT2D eigenvalue weighted by Gasteiger charge is 2.28. The number of amidine groups is 1. The number of hydrogen-bond donors (Lipinski definition) is 1. The topological polar surface area (TPSA) is 83.8 Å². The number of amides is 1. The number of fused-ring (bicyclic) bond motifs is 1. The highest BCUT2D eigenvalue weighted by molar-refractivity contribution is 6.17. The smallest absolute Gasteiger partial charge is 0.220 e. The van der Waals surface area contributed by atoms with Gasteiger partial charge in [-0.15, -0.1) is 0 Å². The van der Waals surface area contributed by atoms with Crippen LogP contribution in [-0.4, -0.2) is 41.3 Å². The minimum absolute atomic E-state index is 0.0652. The lowest BCUT2D eigenvalue weighted by Gasteiger charge is -2.32. The van der Waals surface area contributed by atoms with Gasteiger partial charge in [0.1, 0.15) is 0 Å². The first-order valence-electron chi connectivity index (χ1n) is 13.8. The largest absolute Gasteiger partial charge is 0.349 e. The quantitative estimate of drug-likeness (QED) is 0.504. The van der Waals surface area contributed by atoms with Crippen LogP contribution in [0.5, 0.6) is 0 Å². The van der Waals surface area contributed by atoms with Crippen molar-refractivity contribution in [2.45, 2.75) is 87.0 Å². The molecule has 202 valence electrons. The molecule has 1 amide bonds. The predicted octanol–water partition coefficient (Wildman–Crippen LogP) is 5.52. The summed E-state index contributed by atoms with van der Waals surface area (Å²) in [4.78, 5) is 38.7. The number of carbonyl (C=O) groups excluding carboxylic acids is 2. The van der Waals surface area contributed by atoms with Crippen LogP contribution in [0.3, 0.4) is 0 Å². The van der Waals surface area contributed by atoms with Gasteiger partial charge in [-0.3, -0.25) is 19.6 Å². The van der Waals surface area contributed by atoms with Gasteiger partial charge in [0.2, 0.25) is 5.91 Å². The third-order valence-electron chi connectivity index (χ3n) is 7.56. The molecule has 0 saturated carbocycles. The molecule has 0 bridgehead atoms. The lowest BCUT2D eigenvalue weighted by molar-refractivity contribution is -0.125. The number of nitrogens with zero attached hydrogens (tertiary/aromatic N) is 3. The molecule has 0 unspecified atom stereocenters. The van der Waals surface area contributed by atoms with E-state index < -0.39 is 0 Å². The number of aromatic nitrogens is 1. The molecule has 4 rings (SSSR count). The zero-order valence-electron chi connectivity index (χ0n) is 24.1. The average Bonchev–Trinajstić information content (AvgIpc) is 3.30. The van der Waals surface area contributed by atoms with E-state index >= 15 is 0 Å². The Morgan fingerprint density at radius 1 is 1.08 bits per heavy atom. The summed E-state index contributed by atoms with van der Waals surface area (Å²) in [5.41, 5.74) is 9.55.